The van der Waals surface area contributed by atoms with Crippen LogP contribution in [0.15, 0.2) is 91.4 Å². The van der Waals surface area contributed by atoms with E-state index in [0.29, 0.717) is 11.7 Å². The molecule has 31 heavy (non-hydrogen) atoms. The first-order valence-corrected chi connectivity index (χ1v) is 10.7. The standard InChI is InChI=1S/C25H23N5S/c1-18-8-6-10-20(16-18)29-15-7-12-22(29)24-23(21-11-3-5-14-27-21)28-25(31)30(24)17-19-9-2-4-13-26-19/h2-16,23-24H,17H2,1H3,(H,28,31)/t23-,24-/m0/s1. The Morgan fingerprint density at radius 1 is 0.935 bits per heavy atom. The van der Waals surface area contributed by atoms with Crippen LogP contribution in [0.3, 0.4) is 0 Å². The summed E-state index contributed by atoms with van der Waals surface area (Å²) in [5.41, 5.74) is 5.46. The summed E-state index contributed by atoms with van der Waals surface area (Å²) >= 11 is 5.80. The Balaban J connectivity index is 1.61. The van der Waals surface area contributed by atoms with Gasteiger partial charge < -0.3 is 14.8 Å². The van der Waals surface area contributed by atoms with Crippen molar-refractivity contribution >= 4 is 17.3 Å². The molecule has 1 fully saturated rings. The number of nitrogens with one attached hydrogen (secondary N) is 1. The SMILES string of the molecule is Cc1cccc(-n2cccc2[C@H]2[C@H](c3ccccn3)NC(=S)N2Cc2ccccn2)c1. The summed E-state index contributed by atoms with van der Waals surface area (Å²) in [4.78, 5) is 11.4. The third-order valence-corrected chi connectivity index (χ3v) is 5.97. The lowest BCUT2D eigenvalue weighted by Gasteiger charge is -2.28. The fourth-order valence-electron chi connectivity index (χ4n) is 4.21. The number of rotatable bonds is 5. The van der Waals surface area contributed by atoms with E-state index < -0.39 is 0 Å². The van der Waals surface area contributed by atoms with E-state index >= 15 is 0 Å². The molecule has 0 radical (unpaired) electrons. The summed E-state index contributed by atoms with van der Waals surface area (Å²) < 4.78 is 2.24. The average molecular weight is 426 g/mol. The molecule has 0 amide bonds. The Labute approximate surface area is 187 Å². The summed E-state index contributed by atoms with van der Waals surface area (Å²) in [5.74, 6) is 0. The van der Waals surface area contributed by atoms with Gasteiger partial charge in [-0.15, -0.1) is 0 Å². The Morgan fingerprint density at radius 2 is 1.77 bits per heavy atom. The molecular formula is C25H23N5S. The van der Waals surface area contributed by atoms with Gasteiger partial charge in [-0.05, 0) is 73.2 Å². The van der Waals surface area contributed by atoms with E-state index in [1.807, 2.05) is 42.7 Å². The van der Waals surface area contributed by atoms with Crippen molar-refractivity contribution in [3.63, 3.8) is 0 Å². The molecule has 0 saturated carbocycles. The minimum atomic E-state index is -0.0594. The van der Waals surface area contributed by atoms with Crippen LogP contribution in [0.5, 0.6) is 0 Å². The van der Waals surface area contributed by atoms with Gasteiger partial charge in [-0.2, -0.15) is 0 Å². The zero-order valence-electron chi connectivity index (χ0n) is 17.2. The van der Waals surface area contributed by atoms with Gasteiger partial charge in [-0.25, -0.2) is 0 Å². The summed E-state index contributed by atoms with van der Waals surface area (Å²) in [7, 11) is 0. The number of nitrogens with zero attached hydrogens (tertiary/aromatic N) is 4. The fourth-order valence-corrected chi connectivity index (χ4v) is 4.52. The van der Waals surface area contributed by atoms with Gasteiger partial charge >= 0.3 is 0 Å². The van der Waals surface area contributed by atoms with Crippen molar-refractivity contribution in [3.8, 4) is 5.69 Å². The second kappa shape index (κ2) is 8.32. The average Bonchev–Trinajstić information content (AvgIpc) is 3.40. The molecule has 154 valence electrons. The number of aromatic nitrogens is 3. The zero-order chi connectivity index (χ0) is 21.2. The molecule has 5 rings (SSSR count). The van der Waals surface area contributed by atoms with Crippen molar-refractivity contribution < 1.29 is 0 Å². The maximum Gasteiger partial charge on any atom is 0.170 e. The van der Waals surface area contributed by atoms with Crippen LogP contribution in [-0.2, 0) is 6.54 Å². The monoisotopic (exact) mass is 425 g/mol. The molecule has 1 saturated heterocycles. The Hall–Kier alpha value is -3.51. The zero-order valence-corrected chi connectivity index (χ0v) is 18.0. The van der Waals surface area contributed by atoms with E-state index in [1.165, 1.54) is 5.56 Å². The van der Waals surface area contributed by atoms with Gasteiger partial charge in [0.25, 0.3) is 0 Å². The van der Waals surface area contributed by atoms with Crippen LogP contribution in [-0.4, -0.2) is 24.5 Å². The van der Waals surface area contributed by atoms with E-state index in [9.17, 15) is 0 Å². The van der Waals surface area contributed by atoms with Crippen LogP contribution in [0.2, 0.25) is 0 Å². The van der Waals surface area contributed by atoms with Crippen LogP contribution < -0.4 is 5.32 Å². The molecule has 4 aromatic rings. The number of aryl methyl sites for hydroxylation is 1. The van der Waals surface area contributed by atoms with Gasteiger partial charge in [0.15, 0.2) is 5.11 Å². The molecule has 0 unspecified atom stereocenters. The van der Waals surface area contributed by atoms with Crippen molar-refractivity contribution in [1.82, 2.24) is 24.8 Å². The summed E-state index contributed by atoms with van der Waals surface area (Å²) in [5, 5.41) is 4.23. The third kappa shape index (κ3) is 3.82. The second-order valence-electron chi connectivity index (χ2n) is 7.72. The van der Waals surface area contributed by atoms with Crippen LogP contribution in [0.1, 0.15) is 34.7 Å². The highest BCUT2D eigenvalue weighted by molar-refractivity contribution is 7.80. The van der Waals surface area contributed by atoms with E-state index in [4.69, 9.17) is 12.2 Å². The van der Waals surface area contributed by atoms with Gasteiger partial charge in [0.05, 0.1) is 30.0 Å². The molecular weight excluding hydrogens is 402 g/mol. The highest BCUT2D eigenvalue weighted by atomic mass is 32.1. The van der Waals surface area contributed by atoms with Crippen LogP contribution in [0, 0.1) is 6.92 Å². The van der Waals surface area contributed by atoms with E-state index in [-0.39, 0.29) is 12.1 Å². The molecule has 0 spiro atoms. The first-order chi connectivity index (χ1) is 15.2. The number of thiocarbonyl (C=S) groups is 1. The van der Waals surface area contributed by atoms with Gasteiger partial charge in [0, 0.05) is 30.0 Å². The van der Waals surface area contributed by atoms with Gasteiger partial charge in [-0.1, -0.05) is 24.3 Å². The molecule has 1 aliphatic heterocycles. The van der Waals surface area contributed by atoms with Crippen LogP contribution in [0.4, 0.5) is 0 Å². The number of hydrogen-bond donors (Lipinski definition) is 1. The van der Waals surface area contributed by atoms with Crippen molar-refractivity contribution in [2.24, 2.45) is 0 Å². The van der Waals surface area contributed by atoms with Gasteiger partial charge in [-0.3, -0.25) is 9.97 Å². The molecule has 0 bridgehead atoms. The van der Waals surface area contributed by atoms with Crippen molar-refractivity contribution in [1.29, 1.82) is 0 Å². The smallest absolute Gasteiger partial charge is 0.170 e. The number of pyridine rings is 2. The van der Waals surface area contributed by atoms with Crippen molar-refractivity contribution in [2.45, 2.75) is 25.6 Å². The van der Waals surface area contributed by atoms with Gasteiger partial charge in [0.1, 0.15) is 0 Å². The summed E-state index contributed by atoms with van der Waals surface area (Å²) in [6, 6.07) is 24.7. The molecule has 6 heteroatoms. The summed E-state index contributed by atoms with van der Waals surface area (Å²) in [6.07, 6.45) is 5.76. The molecule has 1 aromatic carbocycles. The second-order valence-corrected chi connectivity index (χ2v) is 8.10. The fraction of sp³-hybridized carbons (Fsp3) is 0.160. The Morgan fingerprint density at radius 3 is 2.52 bits per heavy atom. The lowest BCUT2D eigenvalue weighted by molar-refractivity contribution is 0.299. The minimum absolute atomic E-state index is 0.0279. The van der Waals surface area contributed by atoms with Crippen molar-refractivity contribution in [3.05, 3.63) is 114 Å². The van der Waals surface area contributed by atoms with Crippen LogP contribution in [0.25, 0.3) is 5.69 Å². The van der Waals surface area contributed by atoms with Crippen molar-refractivity contribution in [2.75, 3.05) is 0 Å². The minimum Gasteiger partial charge on any atom is -0.352 e. The number of hydrogen-bond acceptors (Lipinski definition) is 3. The maximum atomic E-state index is 5.80. The molecule has 1 N–H and O–H groups in total. The Kier molecular flexibility index (Phi) is 5.22. The lowest BCUT2D eigenvalue weighted by Crippen LogP contribution is -2.30. The molecule has 4 heterocycles. The number of benzene rings is 1. The molecule has 0 aliphatic carbocycles. The highest BCUT2D eigenvalue weighted by Crippen LogP contribution is 2.40. The molecule has 5 nitrogen and oxygen atoms in total. The normalized spacial score (nSPS) is 18.2. The quantitative estimate of drug-likeness (QED) is 0.468. The molecule has 3 aromatic heterocycles. The lowest BCUT2D eigenvalue weighted by atomic mass is 10.0. The maximum absolute atomic E-state index is 5.80. The topological polar surface area (TPSA) is 46.0 Å². The van der Waals surface area contributed by atoms with Crippen LogP contribution >= 0.6 is 12.2 Å². The Bertz CT molecular complexity index is 1190. The van der Waals surface area contributed by atoms with E-state index in [2.05, 4.69) is 80.3 Å². The predicted octanol–water partition coefficient (Wildman–Crippen LogP) is 4.75. The summed E-state index contributed by atoms with van der Waals surface area (Å²) in [6.45, 7) is 2.74. The highest BCUT2D eigenvalue weighted by Gasteiger charge is 2.41. The first-order valence-electron chi connectivity index (χ1n) is 10.3. The first kappa shape index (κ1) is 19.5. The molecule has 2 atom stereocenters. The molecule has 1 aliphatic rings. The van der Waals surface area contributed by atoms with E-state index in [1.54, 1.807) is 0 Å². The largest absolute Gasteiger partial charge is 0.352 e. The third-order valence-electron chi connectivity index (χ3n) is 5.62. The van der Waals surface area contributed by atoms with Gasteiger partial charge in [0.2, 0.25) is 0 Å². The van der Waals surface area contributed by atoms with E-state index in [0.717, 1.165) is 22.8 Å². The predicted molar refractivity (Wildman–Crippen MR) is 126 cm³/mol.